The third-order valence-electron chi connectivity index (χ3n) is 3.06. The van der Waals surface area contributed by atoms with Gasteiger partial charge in [0, 0.05) is 26.3 Å². The minimum absolute atomic E-state index is 0.301. The summed E-state index contributed by atoms with van der Waals surface area (Å²) >= 11 is 0. The van der Waals surface area contributed by atoms with E-state index >= 15 is 0 Å². The number of nitrogens with zero attached hydrogens (tertiary/aromatic N) is 4. The van der Waals surface area contributed by atoms with E-state index in [1.54, 1.807) is 12.2 Å². The highest BCUT2D eigenvalue weighted by atomic mass is 16.7. The molecule has 0 unspecified atom stereocenters. The zero-order valence-corrected chi connectivity index (χ0v) is 10.7. The van der Waals surface area contributed by atoms with Gasteiger partial charge in [-0.25, -0.2) is 14.8 Å². The van der Waals surface area contributed by atoms with Crippen molar-refractivity contribution in [2.45, 2.75) is 6.04 Å². The maximum atomic E-state index is 11.6. The van der Waals surface area contributed by atoms with E-state index in [9.17, 15) is 4.79 Å². The molecular weight excluding hydrogens is 236 g/mol. The molecule has 2 heterocycles. The summed E-state index contributed by atoms with van der Waals surface area (Å²) in [6.45, 7) is 1.51. The van der Waals surface area contributed by atoms with Gasteiger partial charge < -0.3 is 14.5 Å². The third-order valence-corrected chi connectivity index (χ3v) is 3.06. The van der Waals surface area contributed by atoms with E-state index in [4.69, 9.17) is 9.57 Å². The number of hydrogen-bond acceptors (Lipinski definition) is 7. The van der Waals surface area contributed by atoms with E-state index in [-0.39, 0.29) is 0 Å². The second kappa shape index (κ2) is 5.28. The molecule has 1 aliphatic rings. The van der Waals surface area contributed by atoms with Crippen molar-refractivity contribution in [1.82, 2.24) is 15.0 Å². The van der Waals surface area contributed by atoms with Crippen LogP contribution in [0.15, 0.2) is 12.5 Å². The highest BCUT2D eigenvalue weighted by Crippen LogP contribution is 2.24. The van der Waals surface area contributed by atoms with Gasteiger partial charge in [-0.15, -0.1) is 0 Å². The Balaban J connectivity index is 2.10. The second-order valence-electron chi connectivity index (χ2n) is 4.04. The van der Waals surface area contributed by atoms with Gasteiger partial charge in [0.15, 0.2) is 0 Å². The van der Waals surface area contributed by atoms with Gasteiger partial charge in [-0.3, -0.25) is 0 Å². The van der Waals surface area contributed by atoms with Crippen LogP contribution in [0.25, 0.3) is 0 Å². The Hall–Kier alpha value is -1.73. The van der Waals surface area contributed by atoms with Crippen LogP contribution in [0.4, 0.5) is 5.82 Å². The van der Waals surface area contributed by atoms with Gasteiger partial charge in [0.2, 0.25) is 0 Å². The largest absolute Gasteiger partial charge is 0.465 e. The first-order valence-electron chi connectivity index (χ1n) is 5.57. The molecule has 0 bridgehead atoms. The molecule has 2 rings (SSSR count). The van der Waals surface area contributed by atoms with Gasteiger partial charge in [-0.1, -0.05) is 0 Å². The maximum Gasteiger partial charge on any atom is 0.343 e. The number of likely N-dealkylation sites (N-methyl/N-ethyl adjacent to an activating group) is 1. The molecule has 0 amide bonds. The van der Waals surface area contributed by atoms with E-state index < -0.39 is 5.97 Å². The van der Waals surface area contributed by atoms with E-state index in [1.165, 1.54) is 19.6 Å². The van der Waals surface area contributed by atoms with E-state index in [0.717, 1.165) is 13.1 Å². The molecule has 98 valence electrons. The van der Waals surface area contributed by atoms with Crippen LogP contribution in [0.3, 0.4) is 0 Å². The van der Waals surface area contributed by atoms with Gasteiger partial charge in [0.05, 0.1) is 20.3 Å². The summed E-state index contributed by atoms with van der Waals surface area (Å²) in [6.07, 6.45) is 2.90. The van der Waals surface area contributed by atoms with Crippen molar-refractivity contribution in [2.75, 3.05) is 39.3 Å². The smallest absolute Gasteiger partial charge is 0.343 e. The summed E-state index contributed by atoms with van der Waals surface area (Å²) in [5, 5.41) is 1.79. The van der Waals surface area contributed by atoms with Gasteiger partial charge in [0.25, 0.3) is 0 Å². The highest BCUT2D eigenvalue weighted by Gasteiger charge is 2.33. The van der Waals surface area contributed by atoms with Crippen LogP contribution < -0.4 is 4.90 Å². The fourth-order valence-corrected chi connectivity index (χ4v) is 1.84. The lowest BCUT2D eigenvalue weighted by molar-refractivity contribution is -0.146. The van der Waals surface area contributed by atoms with Crippen molar-refractivity contribution in [3.8, 4) is 0 Å². The minimum Gasteiger partial charge on any atom is -0.465 e. The highest BCUT2D eigenvalue weighted by molar-refractivity contribution is 5.94. The Labute approximate surface area is 105 Å². The van der Waals surface area contributed by atoms with Crippen LogP contribution in [0, 0.1) is 0 Å². The normalized spacial score (nSPS) is 15.7. The van der Waals surface area contributed by atoms with Crippen LogP contribution in [0.5, 0.6) is 0 Å². The molecule has 1 aromatic heterocycles. The molecule has 0 spiro atoms. The fourth-order valence-electron chi connectivity index (χ4n) is 1.84. The Bertz CT molecular complexity index is 434. The lowest BCUT2D eigenvalue weighted by Gasteiger charge is -2.43. The summed E-state index contributed by atoms with van der Waals surface area (Å²) in [6, 6.07) is 0.301. The lowest BCUT2D eigenvalue weighted by atomic mass is 10.1. The standard InChI is InChI=1S/C11H16N4O3/c1-14(18-3)8-5-15(6-8)10-9(11(16)17-2)4-12-7-13-10/h4,7-8H,5-6H2,1-3H3. The number of carbonyl (C=O) groups excluding carboxylic acids is 1. The molecular formula is C11H16N4O3. The number of anilines is 1. The number of hydrogen-bond donors (Lipinski definition) is 0. The molecule has 0 saturated carbocycles. The molecule has 0 aliphatic carbocycles. The zero-order chi connectivity index (χ0) is 13.1. The number of aromatic nitrogens is 2. The predicted octanol–water partition coefficient (Wildman–Crippen LogP) is -0.0550. The van der Waals surface area contributed by atoms with Crippen LogP contribution >= 0.6 is 0 Å². The zero-order valence-electron chi connectivity index (χ0n) is 10.7. The SMILES string of the molecule is COC(=O)c1cncnc1N1CC(N(C)OC)C1. The van der Waals surface area contributed by atoms with Crippen molar-refractivity contribution in [3.63, 3.8) is 0 Å². The Kier molecular flexibility index (Phi) is 3.73. The molecule has 0 atom stereocenters. The number of methoxy groups -OCH3 is 1. The molecule has 0 radical (unpaired) electrons. The fraction of sp³-hybridized carbons (Fsp3) is 0.545. The Morgan fingerprint density at radius 1 is 1.50 bits per heavy atom. The Morgan fingerprint density at radius 2 is 2.22 bits per heavy atom. The quantitative estimate of drug-likeness (QED) is 0.549. The molecule has 1 saturated heterocycles. The van der Waals surface area contributed by atoms with Crippen molar-refractivity contribution < 1.29 is 14.4 Å². The van der Waals surface area contributed by atoms with Crippen LogP contribution in [-0.2, 0) is 9.57 Å². The number of ether oxygens (including phenoxy) is 1. The average molecular weight is 252 g/mol. The number of carbonyl (C=O) groups is 1. The number of rotatable bonds is 4. The van der Waals surface area contributed by atoms with Crippen molar-refractivity contribution in [3.05, 3.63) is 18.1 Å². The number of esters is 1. The van der Waals surface area contributed by atoms with E-state index in [1.807, 2.05) is 11.9 Å². The monoisotopic (exact) mass is 252 g/mol. The second-order valence-corrected chi connectivity index (χ2v) is 4.04. The van der Waals surface area contributed by atoms with E-state index in [2.05, 4.69) is 9.97 Å². The maximum absolute atomic E-state index is 11.6. The summed E-state index contributed by atoms with van der Waals surface area (Å²) in [4.78, 5) is 26.7. The third kappa shape index (κ3) is 2.27. The summed E-state index contributed by atoms with van der Waals surface area (Å²) in [5.41, 5.74) is 0.388. The van der Waals surface area contributed by atoms with E-state index in [0.29, 0.717) is 17.4 Å². The van der Waals surface area contributed by atoms with Crippen LogP contribution in [-0.4, -0.2) is 61.4 Å². The topological polar surface area (TPSA) is 67.8 Å². The van der Waals surface area contributed by atoms with Gasteiger partial charge in [-0.2, -0.15) is 5.06 Å². The first kappa shape index (κ1) is 12.7. The van der Waals surface area contributed by atoms with Gasteiger partial charge in [-0.05, 0) is 0 Å². The number of hydroxylamine groups is 2. The molecule has 1 aliphatic heterocycles. The summed E-state index contributed by atoms with van der Waals surface area (Å²) in [7, 11) is 4.85. The molecule has 0 aromatic carbocycles. The molecule has 7 nitrogen and oxygen atoms in total. The van der Waals surface area contributed by atoms with Gasteiger partial charge in [0.1, 0.15) is 17.7 Å². The average Bonchev–Trinajstić information content (AvgIpc) is 2.36. The van der Waals surface area contributed by atoms with Crippen molar-refractivity contribution >= 4 is 11.8 Å². The molecule has 18 heavy (non-hydrogen) atoms. The molecule has 1 fully saturated rings. The molecule has 1 aromatic rings. The van der Waals surface area contributed by atoms with Crippen LogP contribution in [0.1, 0.15) is 10.4 Å². The summed E-state index contributed by atoms with van der Waals surface area (Å²) in [5.74, 6) is 0.187. The molecule has 0 N–H and O–H groups in total. The van der Waals surface area contributed by atoms with Gasteiger partial charge >= 0.3 is 5.97 Å². The lowest BCUT2D eigenvalue weighted by Crippen LogP contribution is -2.58. The van der Waals surface area contributed by atoms with Crippen molar-refractivity contribution in [1.29, 1.82) is 0 Å². The Morgan fingerprint density at radius 3 is 2.83 bits per heavy atom. The van der Waals surface area contributed by atoms with Crippen molar-refractivity contribution in [2.24, 2.45) is 0 Å². The predicted molar refractivity (Wildman–Crippen MR) is 64.1 cm³/mol. The first-order valence-corrected chi connectivity index (χ1v) is 5.57. The summed E-state index contributed by atoms with van der Waals surface area (Å²) < 4.78 is 4.71. The van der Waals surface area contributed by atoms with Crippen LogP contribution in [0.2, 0.25) is 0 Å². The first-order chi connectivity index (χ1) is 8.67. The minimum atomic E-state index is -0.422. The molecule has 7 heteroatoms.